The molecular formula is C13H14N2OS. The molecule has 1 aromatic carbocycles. The fourth-order valence-corrected chi connectivity index (χ4v) is 2.54. The standard InChI is InChI=1S/C13H14N2OS/c1-4-16-11-7-12(17-3)10(8-14)13-9(11)5-6-15(13)2/h5-7H,4H2,1-3H3. The summed E-state index contributed by atoms with van der Waals surface area (Å²) in [5.74, 6) is 0.853. The maximum absolute atomic E-state index is 9.29. The van der Waals surface area contributed by atoms with Crippen molar-refractivity contribution in [1.82, 2.24) is 4.57 Å². The van der Waals surface area contributed by atoms with Crippen LogP contribution < -0.4 is 4.74 Å². The van der Waals surface area contributed by atoms with Crippen LogP contribution in [0, 0.1) is 11.3 Å². The van der Waals surface area contributed by atoms with Crippen molar-refractivity contribution in [2.75, 3.05) is 12.9 Å². The van der Waals surface area contributed by atoms with Gasteiger partial charge in [-0.25, -0.2) is 0 Å². The van der Waals surface area contributed by atoms with Gasteiger partial charge in [0.1, 0.15) is 11.8 Å². The van der Waals surface area contributed by atoms with Gasteiger partial charge in [-0.05, 0) is 25.3 Å². The van der Waals surface area contributed by atoms with Crippen LogP contribution in [0.1, 0.15) is 12.5 Å². The summed E-state index contributed by atoms with van der Waals surface area (Å²) in [5, 5.41) is 10.3. The molecule has 0 saturated carbocycles. The van der Waals surface area contributed by atoms with E-state index in [-0.39, 0.29) is 0 Å². The summed E-state index contributed by atoms with van der Waals surface area (Å²) in [5.41, 5.74) is 1.67. The second-order valence-corrected chi connectivity index (χ2v) is 4.53. The van der Waals surface area contributed by atoms with Crippen LogP contribution in [0.5, 0.6) is 5.75 Å². The van der Waals surface area contributed by atoms with Crippen LogP contribution in [0.3, 0.4) is 0 Å². The van der Waals surface area contributed by atoms with Crippen molar-refractivity contribution in [3.05, 3.63) is 23.9 Å². The van der Waals surface area contributed by atoms with Crippen molar-refractivity contribution < 1.29 is 4.74 Å². The largest absolute Gasteiger partial charge is 0.493 e. The van der Waals surface area contributed by atoms with Gasteiger partial charge in [-0.15, -0.1) is 11.8 Å². The van der Waals surface area contributed by atoms with E-state index in [1.165, 1.54) is 0 Å². The minimum atomic E-state index is 0.629. The predicted octanol–water partition coefficient (Wildman–Crippen LogP) is 3.17. The molecule has 1 heterocycles. The second kappa shape index (κ2) is 4.72. The first kappa shape index (κ1) is 11.9. The highest BCUT2D eigenvalue weighted by Gasteiger charge is 2.14. The van der Waals surface area contributed by atoms with Gasteiger partial charge in [0.2, 0.25) is 0 Å². The number of nitriles is 1. The average molecular weight is 246 g/mol. The normalized spacial score (nSPS) is 10.5. The van der Waals surface area contributed by atoms with Gasteiger partial charge in [0.25, 0.3) is 0 Å². The molecule has 17 heavy (non-hydrogen) atoms. The van der Waals surface area contributed by atoms with Gasteiger partial charge >= 0.3 is 0 Å². The second-order valence-electron chi connectivity index (χ2n) is 3.69. The van der Waals surface area contributed by atoms with E-state index in [4.69, 9.17) is 4.74 Å². The topological polar surface area (TPSA) is 37.9 Å². The number of thioether (sulfide) groups is 1. The van der Waals surface area contributed by atoms with E-state index >= 15 is 0 Å². The van der Waals surface area contributed by atoms with Gasteiger partial charge < -0.3 is 9.30 Å². The zero-order valence-electron chi connectivity index (χ0n) is 10.2. The summed E-state index contributed by atoms with van der Waals surface area (Å²) < 4.78 is 7.61. The van der Waals surface area contributed by atoms with Gasteiger partial charge in [0.05, 0.1) is 17.7 Å². The molecule has 0 bridgehead atoms. The van der Waals surface area contributed by atoms with E-state index < -0.39 is 0 Å². The molecule has 0 unspecified atom stereocenters. The van der Waals surface area contributed by atoms with E-state index in [2.05, 4.69) is 6.07 Å². The molecule has 4 heteroatoms. The molecule has 0 atom stereocenters. The molecule has 0 radical (unpaired) electrons. The van der Waals surface area contributed by atoms with E-state index in [9.17, 15) is 5.26 Å². The number of benzene rings is 1. The quantitative estimate of drug-likeness (QED) is 0.781. The number of ether oxygens (including phenoxy) is 1. The molecule has 0 aliphatic rings. The molecule has 1 aromatic heterocycles. The third-order valence-electron chi connectivity index (χ3n) is 2.72. The number of hydrogen-bond acceptors (Lipinski definition) is 3. The lowest BCUT2D eigenvalue weighted by Gasteiger charge is -2.10. The van der Waals surface area contributed by atoms with Crippen LogP contribution in [-0.2, 0) is 7.05 Å². The average Bonchev–Trinajstić information content (AvgIpc) is 2.72. The number of nitrogens with zero attached hydrogens (tertiary/aromatic N) is 2. The lowest BCUT2D eigenvalue weighted by Crippen LogP contribution is -1.96. The molecule has 2 rings (SSSR count). The Kier molecular flexibility index (Phi) is 3.30. The van der Waals surface area contributed by atoms with Crippen molar-refractivity contribution in [2.45, 2.75) is 11.8 Å². The van der Waals surface area contributed by atoms with Crippen molar-refractivity contribution in [3.63, 3.8) is 0 Å². The SMILES string of the molecule is CCOc1cc(SC)c(C#N)c2c1ccn2C. The van der Waals surface area contributed by atoms with Crippen LogP contribution in [0.15, 0.2) is 23.2 Å². The van der Waals surface area contributed by atoms with Gasteiger partial charge in [0.15, 0.2) is 0 Å². The summed E-state index contributed by atoms with van der Waals surface area (Å²) in [6.45, 7) is 2.59. The molecule has 0 aliphatic heterocycles. The fraction of sp³-hybridized carbons (Fsp3) is 0.308. The summed E-state index contributed by atoms with van der Waals surface area (Å²) in [4.78, 5) is 0.963. The number of fused-ring (bicyclic) bond motifs is 1. The van der Waals surface area contributed by atoms with Crippen molar-refractivity contribution in [1.29, 1.82) is 5.26 Å². The lowest BCUT2D eigenvalue weighted by molar-refractivity contribution is 0.343. The highest BCUT2D eigenvalue weighted by atomic mass is 32.2. The molecule has 3 nitrogen and oxygen atoms in total. The Morgan fingerprint density at radius 3 is 2.88 bits per heavy atom. The Balaban J connectivity index is 2.83. The first-order valence-electron chi connectivity index (χ1n) is 5.41. The first-order valence-corrected chi connectivity index (χ1v) is 6.64. The molecule has 0 saturated heterocycles. The summed E-state index contributed by atoms with van der Waals surface area (Å²) in [6, 6.07) is 6.23. The minimum absolute atomic E-state index is 0.629. The Morgan fingerprint density at radius 1 is 1.53 bits per heavy atom. The Hall–Kier alpha value is -1.60. The van der Waals surface area contributed by atoms with Crippen LogP contribution in [-0.4, -0.2) is 17.4 Å². The molecule has 0 N–H and O–H groups in total. The number of hydrogen-bond donors (Lipinski definition) is 0. The molecule has 88 valence electrons. The van der Waals surface area contributed by atoms with Gasteiger partial charge in [0, 0.05) is 23.5 Å². The molecular weight excluding hydrogens is 232 g/mol. The Labute approximate surface area is 105 Å². The molecule has 2 aromatic rings. The van der Waals surface area contributed by atoms with Crippen LogP contribution in [0.25, 0.3) is 10.9 Å². The van der Waals surface area contributed by atoms with Crippen LogP contribution in [0.4, 0.5) is 0 Å². The summed E-state index contributed by atoms with van der Waals surface area (Å²) in [6.07, 6.45) is 3.93. The highest BCUT2D eigenvalue weighted by molar-refractivity contribution is 7.98. The van der Waals surface area contributed by atoms with Gasteiger partial charge in [-0.1, -0.05) is 0 Å². The maximum atomic E-state index is 9.29. The fourth-order valence-electron chi connectivity index (χ4n) is 1.97. The zero-order valence-corrected chi connectivity index (χ0v) is 11.0. The number of aryl methyl sites for hydroxylation is 1. The van der Waals surface area contributed by atoms with E-state index in [0.29, 0.717) is 6.61 Å². The molecule has 0 amide bonds. The summed E-state index contributed by atoms with van der Waals surface area (Å²) in [7, 11) is 1.95. The Bertz CT molecular complexity index is 595. The maximum Gasteiger partial charge on any atom is 0.129 e. The third kappa shape index (κ3) is 1.87. The number of aromatic nitrogens is 1. The minimum Gasteiger partial charge on any atom is -0.493 e. The third-order valence-corrected chi connectivity index (χ3v) is 3.48. The van der Waals surface area contributed by atoms with Crippen LogP contribution in [0.2, 0.25) is 0 Å². The molecule has 0 fully saturated rings. The zero-order chi connectivity index (χ0) is 12.4. The van der Waals surface area contributed by atoms with E-state index in [1.807, 2.05) is 43.1 Å². The monoisotopic (exact) mass is 246 g/mol. The highest BCUT2D eigenvalue weighted by Crippen LogP contribution is 2.35. The van der Waals surface area contributed by atoms with E-state index in [0.717, 1.165) is 27.1 Å². The van der Waals surface area contributed by atoms with Crippen molar-refractivity contribution in [2.24, 2.45) is 7.05 Å². The smallest absolute Gasteiger partial charge is 0.129 e. The van der Waals surface area contributed by atoms with Crippen LogP contribution >= 0.6 is 11.8 Å². The van der Waals surface area contributed by atoms with Gasteiger partial charge in [-0.2, -0.15) is 5.26 Å². The first-order chi connectivity index (χ1) is 8.22. The molecule has 0 aliphatic carbocycles. The summed E-state index contributed by atoms with van der Waals surface area (Å²) >= 11 is 1.57. The Morgan fingerprint density at radius 2 is 2.29 bits per heavy atom. The lowest BCUT2D eigenvalue weighted by atomic mass is 10.1. The molecule has 0 spiro atoms. The number of rotatable bonds is 3. The van der Waals surface area contributed by atoms with Gasteiger partial charge in [-0.3, -0.25) is 0 Å². The van der Waals surface area contributed by atoms with Crippen molar-refractivity contribution >= 4 is 22.7 Å². The van der Waals surface area contributed by atoms with Crippen molar-refractivity contribution in [3.8, 4) is 11.8 Å². The predicted molar refractivity (Wildman–Crippen MR) is 70.6 cm³/mol. The van der Waals surface area contributed by atoms with E-state index in [1.54, 1.807) is 11.8 Å².